The molecule has 0 saturated carbocycles. The van der Waals surface area contributed by atoms with Crippen LogP contribution in [0.4, 0.5) is 17.1 Å². The van der Waals surface area contributed by atoms with Gasteiger partial charge in [0.1, 0.15) is 11.3 Å². The van der Waals surface area contributed by atoms with Crippen LogP contribution in [0.1, 0.15) is 0 Å². The summed E-state index contributed by atoms with van der Waals surface area (Å²) in [7, 11) is 0. The Balaban J connectivity index is 1.05. The molecule has 4 heteroatoms. The fourth-order valence-electron chi connectivity index (χ4n) is 7.53. The maximum Gasteiger partial charge on any atom is 0.161 e. The lowest BCUT2D eigenvalue weighted by Crippen LogP contribution is -2.09. The summed E-state index contributed by atoms with van der Waals surface area (Å²) < 4.78 is 8.70. The van der Waals surface area contributed by atoms with Crippen molar-refractivity contribution >= 4 is 60.8 Å². The summed E-state index contributed by atoms with van der Waals surface area (Å²) in [4.78, 5) is 7.04. The maximum absolute atomic E-state index is 6.30. The normalized spacial score (nSPS) is 11.5. The van der Waals surface area contributed by atoms with Gasteiger partial charge in [0.2, 0.25) is 0 Å². The van der Waals surface area contributed by atoms with E-state index in [1.807, 2.05) is 30.5 Å². The van der Waals surface area contributed by atoms with E-state index in [-0.39, 0.29) is 0 Å². The zero-order valence-electron chi connectivity index (χ0n) is 27.6. The van der Waals surface area contributed by atoms with Crippen molar-refractivity contribution in [2.45, 2.75) is 0 Å². The van der Waals surface area contributed by atoms with Crippen LogP contribution in [0.5, 0.6) is 0 Å². The van der Waals surface area contributed by atoms with Gasteiger partial charge in [0.05, 0.1) is 16.7 Å². The molecule has 0 aliphatic rings. The topological polar surface area (TPSA) is 34.2 Å². The van der Waals surface area contributed by atoms with Crippen molar-refractivity contribution in [1.29, 1.82) is 0 Å². The second-order valence-corrected chi connectivity index (χ2v) is 12.8. The Morgan fingerprint density at radius 3 is 1.69 bits per heavy atom. The van der Waals surface area contributed by atoms with Crippen molar-refractivity contribution in [1.82, 2.24) is 9.55 Å². The van der Waals surface area contributed by atoms with Crippen LogP contribution in [0.15, 0.2) is 193 Å². The van der Waals surface area contributed by atoms with E-state index >= 15 is 0 Å². The predicted molar refractivity (Wildman–Crippen MR) is 211 cm³/mol. The number of rotatable bonds is 6. The van der Waals surface area contributed by atoms with Crippen LogP contribution in [-0.4, -0.2) is 9.55 Å². The zero-order valence-corrected chi connectivity index (χ0v) is 27.6. The van der Waals surface area contributed by atoms with Crippen molar-refractivity contribution in [3.8, 4) is 28.1 Å². The van der Waals surface area contributed by atoms with Crippen LogP contribution in [0.3, 0.4) is 0 Å². The van der Waals surface area contributed by atoms with Crippen molar-refractivity contribution in [2.24, 2.45) is 0 Å². The Morgan fingerprint density at radius 1 is 0.431 bits per heavy atom. The summed E-state index contributed by atoms with van der Waals surface area (Å²) in [6, 6.07) is 64.2. The first-order valence-electron chi connectivity index (χ1n) is 17.2. The Labute approximate surface area is 295 Å². The average Bonchev–Trinajstić information content (AvgIpc) is 3.75. The molecule has 0 amide bonds. The molecule has 3 heterocycles. The number of furan rings is 1. The minimum absolute atomic E-state index is 0.808. The third kappa shape index (κ3) is 4.80. The third-order valence-corrected chi connectivity index (χ3v) is 9.87. The largest absolute Gasteiger partial charge is 0.454 e. The smallest absolute Gasteiger partial charge is 0.161 e. The van der Waals surface area contributed by atoms with Gasteiger partial charge >= 0.3 is 0 Å². The Kier molecular flexibility index (Phi) is 6.78. The molecule has 0 spiro atoms. The summed E-state index contributed by atoms with van der Waals surface area (Å²) in [5.41, 5.74) is 12.6. The van der Waals surface area contributed by atoms with Gasteiger partial charge in [0.15, 0.2) is 5.58 Å². The number of para-hydroxylation sites is 5. The number of aromatic nitrogens is 2. The van der Waals surface area contributed by atoms with Gasteiger partial charge in [0, 0.05) is 55.9 Å². The van der Waals surface area contributed by atoms with Crippen LogP contribution in [0.25, 0.3) is 71.8 Å². The Hall–Kier alpha value is -6.91. The van der Waals surface area contributed by atoms with E-state index in [1.54, 1.807) is 0 Å². The minimum atomic E-state index is 0.808. The zero-order chi connectivity index (χ0) is 33.7. The molecular weight excluding hydrogens is 623 g/mol. The van der Waals surface area contributed by atoms with Crippen LogP contribution in [-0.2, 0) is 0 Å². The third-order valence-electron chi connectivity index (χ3n) is 9.87. The molecule has 240 valence electrons. The molecule has 0 saturated heterocycles. The molecule has 0 bridgehead atoms. The van der Waals surface area contributed by atoms with Crippen molar-refractivity contribution in [3.05, 3.63) is 188 Å². The minimum Gasteiger partial charge on any atom is -0.454 e. The molecule has 7 aromatic carbocycles. The quantitative estimate of drug-likeness (QED) is 0.179. The van der Waals surface area contributed by atoms with Crippen LogP contribution < -0.4 is 4.90 Å². The molecule has 10 aromatic rings. The van der Waals surface area contributed by atoms with Crippen LogP contribution in [0, 0.1) is 0 Å². The summed E-state index contributed by atoms with van der Waals surface area (Å²) in [6.45, 7) is 0. The van der Waals surface area contributed by atoms with Gasteiger partial charge in [-0.25, -0.2) is 0 Å². The molecule has 0 atom stereocenters. The van der Waals surface area contributed by atoms with E-state index in [0.717, 1.165) is 61.5 Å². The number of nitrogens with zero attached hydrogens (tertiary/aromatic N) is 3. The lowest BCUT2D eigenvalue weighted by molar-refractivity contribution is 0.668. The lowest BCUT2D eigenvalue weighted by atomic mass is 10.0. The number of pyridine rings is 1. The number of anilines is 3. The molecule has 0 aliphatic carbocycles. The number of fused-ring (bicyclic) bond motifs is 6. The van der Waals surface area contributed by atoms with Gasteiger partial charge in [-0.1, -0.05) is 115 Å². The highest BCUT2D eigenvalue weighted by atomic mass is 16.3. The predicted octanol–water partition coefficient (Wildman–Crippen LogP) is 12.9. The Morgan fingerprint density at radius 2 is 0.980 bits per heavy atom. The summed E-state index contributed by atoms with van der Waals surface area (Å²) in [6.07, 6.45) is 1.87. The standard InChI is InChI=1S/C47H31N3O/c1-2-12-34(13-3-1)49(36-28-24-33(25-29-36)46-47-41(30-31-48-46)40-17-7-11-21-45(40)51-47)35-26-22-32(23-27-35)37-14-4-8-18-42(37)50-43-19-9-5-15-38(43)39-16-6-10-20-44(39)50/h1-31H. The second kappa shape index (κ2) is 11.9. The molecule has 0 radical (unpaired) electrons. The van der Waals surface area contributed by atoms with Crippen molar-refractivity contribution < 1.29 is 4.42 Å². The fraction of sp³-hybridized carbons (Fsp3) is 0. The first-order valence-corrected chi connectivity index (χ1v) is 17.2. The number of hydrogen-bond donors (Lipinski definition) is 0. The second-order valence-electron chi connectivity index (χ2n) is 12.8. The lowest BCUT2D eigenvalue weighted by Gasteiger charge is -2.26. The van der Waals surface area contributed by atoms with E-state index in [4.69, 9.17) is 9.40 Å². The highest BCUT2D eigenvalue weighted by molar-refractivity contribution is 6.10. The van der Waals surface area contributed by atoms with E-state index in [0.29, 0.717) is 0 Å². The van der Waals surface area contributed by atoms with Crippen LogP contribution >= 0.6 is 0 Å². The Bertz CT molecular complexity index is 2800. The van der Waals surface area contributed by atoms with E-state index in [9.17, 15) is 0 Å². The van der Waals surface area contributed by atoms with E-state index in [1.165, 1.54) is 27.4 Å². The highest BCUT2D eigenvalue weighted by Gasteiger charge is 2.18. The van der Waals surface area contributed by atoms with Gasteiger partial charge in [-0.05, 0) is 72.3 Å². The summed E-state index contributed by atoms with van der Waals surface area (Å²) >= 11 is 0. The molecule has 51 heavy (non-hydrogen) atoms. The fourth-order valence-corrected chi connectivity index (χ4v) is 7.53. The highest BCUT2D eigenvalue weighted by Crippen LogP contribution is 2.40. The molecule has 0 fully saturated rings. The SMILES string of the molecule is c1ccc(N(c2ccc(-c3ccccc3-n3c4ccccc4c4ccccc43)cc2)c2ccc(-c3nccc4c3oc3ccccc34)cc2)cc1. The van der Waals surface area contributed by atoms with E-state index < -0.39 is 0 Å². The monoisotopic (exact) mass is 653 g/mol. The van der Waals surface area contributed by atoms with Gasteiger partial charge in [0.25, 0.3) is 0 Å². The van der Waals surface area contributed by atoms with Gasteiger partial charge in [-0.3, -0.25) is 4.98 Å². The molecule has 4 nitrogen and oxygen atoms in total. The molecule has 10 rings (SSSR count). The average molecular weight is 654 g/mol. The van der Waals surface area contributed by atoms with E-state index in [2.05, 4.69) is 167 Å². The van der Waals surface area contributed by atoms with Gasteiger partial charge in [-0.2, -0.15) is 0 Å². The van der Waals surface area contributed by atoms with Crippen LogP contribution in [0.2, 0.25) is 0 Å². The van der Waals surface area contributed by atoms with Crippen molar-refractivity contribution in [2.75, 3.05) is 4.90 Å². The molecule has 0 unspecified atom stereocenters. The van der Waals surface area contributed by atoms with Gasteiger partial charge in [-0.15, -0.1) is 0 Å². The van der Waals surface area contributed by atoms with Gasteiger partial charge < -0.3 is 13.9 Å². The summed E-state index contributed by atoms with van der Waals surface area (Å²) in [5, 5.41) is 4.69. The van der Waals surface area contributed by atoms with Crippen molar-refractivity contribution in [3.63, 3.8) is 0 Å². The number of hydrogen-bond acceptors (Lipinski definition) is 3. The summed E-state index contributed by atoms with van der Waals surface area (Å²) in [5.74, 6) is 0. The molecule has 0 aliphatic heterocycles. The molecule has 0 N–H and O–H groups in total. The molecular formula is C47H31N3O. The maximum atomic E-state index is 6.30. The first-order chi connectivity index (χ1) is 25.3. The molecule has 3 aromatic heterocycles. The first kappa shape index (κ1) is 29.0. The number of benzene rings is 7.